The Hall–Kier alpha value is 0.620. The fourth-order valence-corrected chi connectivity index (χ4v) is 2.11. The molecule has 0 aromatic heterocycles. The molecule has 0 N–H and O–H groups in total. The topological polar surface area (TPSA) is 18.5 Å². The van der Waals surface area contributed by atoms with Crippen LogP contribution in [0.2, 0.25) is 0 Å². The summed E-state index contributed by atoms with van der Waals surface area (Å²) < 4.78 is 4.79. The summed E-state index contributed by atoms with van der Waals surface area (Å²) in [6.07, 6.45) is 5.04. The molecule has 1 rings (SSSR count). The van der Waals surface area contributed by atoms with Crippen molar-refractivity contribution < 1.29 is 9.22 Å². The van der Waals surface area contributed by atoms with Crippen LogP contribution in [-0.2, 0) is 9.22 Å². The van der Waals surface area contributed by atoms with E-state index in [4.69, 9.17) is 9.22 Å². The summed E-state index contributed by atoms with van der Waals surface area (Å²) >= 11 is 1.35. The van der Waals surface area contributed by atoms with Crippen LogP contribution in [0.5, 0.6) is 0 Å². The van der Waals surface area contributed by atoms with E-state index in [2.05, 4.69) is 0 Å². The van der Waals surface area contributed by atoms with Gasteiger partial charge in [0.15, 0.2) is 0 Å². The van der Waals surface area contributed by atoms with E-state index in [-0.39, 0.29) is 0 Å². The van der Waals surface area contributed by atoms with Crippen LogP contribution < -0.4 is 0 Å². The van der Waals surface area contributed by atoms with Gasteiger partial charge < -0.3 is 0 Å². The molecule has 4 heteroatoms. The van der Waals surface area contributed by atoms with Crippen molar-refractivity contribution in [2.75, 3.05) is 12.4 Å². The summed E-state index contributed by atoms with van der Waals surface area (Å²) in [5.41, 5.74) is 0. The molecular formula is C6H12O2S2. The number of rotatable bonds is 0. The SMILES string of the molecule is C1CCCSSOOCC1. The minimum atomic E-state index is 0.744. The Bertz CT molecular complexity index is 46.9. The average molecular weight is 180 g/mol. The zero-order chi connectivity index (χ0) is 7.07. The van der Waals surface area contributed by atoms with Crippen molar-refractivity contribution in [3.8, 4) is 0 Å². The highest BCUT2D eigenvalue weighted by Gasteiger charge is 1.97. The Labute approximate surface area is 69.6 Å². The van der Waals surface area contributed by atoms with Gasteiger partial charge in [-0.25, -0.2) is 4.89 Å². The van der Waals surface area contributed by atoms with Gasteiger partial charge in [0.2, 0.25) is 0 Å². The Morgan fingerprint density at radius 2 is 1.90 bits per heavy atom. The fourth-order valence-electron chi connectivity index (χ4n) is 0.783. The summed E-state index contributed by atoms with van der Waals surface area (Å²) in [6, 6.07) is 0. The third-order valence-electron chi connectivity index (χ3n) is 1.33. The predicted octanol–water partition coefficient (Wildman–Crippen LogP) is 2.81. The van der Waals surface area contributed by atoms with Crippen LogP contribution in [0.15, 0.2) is 0 Å². The van der Waals surface area contributed by atoms with Crippen molar-refractivity contribution in [3.05, 3.63) is 0 Å². The Morgan fingerprint density at radius 3 is 2.90 bits per heavy atom. The quantitative estimate of drug-likeness (QED) is 0.324. The van der Waals surface area contributed by atoms with Gasteiger partial charge in [-0.2, -0.15) is 4.33 Å². The van der Waals surface area contributed by atoms with Crippen LogP contribution in [0.4, 0.5) is 0 Å². The maximum Gasteiger partial charge on any atom is 0.102 e. The highest BCUT2D eigenvalue weighted by atomic mass is 33.1. The Balaban J connectivity index is 2.00. The predicted molar refractivity (Wildman–Crippen MR) is 45.6 cm³/mol. The van der Waals surface area contributed by atoms with E-state index < -0.39 is 0 Å². The van der Waals surface area contributed by atoms with Gasteiger partial charge in [0, 0.05) is 5.75 Å². The van der Waals surface area contributed by atoms with Gasteiger partial charge in [0.25, 0.3) is 0 Å². The molecule has 0 spiro atoms. The summed E-state index contributed by atoms with van der Waals surface area (Å²) in [5.74, 6) is 1.17. The lowest BCUT2D eigenvalue weighted by Crippen LogP contribution is -1.93. The van der Waals surface area contributed by atoms with Crippen molar-refractivity contribution >= 4 is 21.9 Å². The zero-order valence-electron chi connectivity index (χ0n) is 5.88. The largest absolute Gasteiger partial charge is 0.224 e. The van der Waals surface area contributed by atoms with Gasteiger partial charge in [-0.15, -0.1) is 0 Å². The summed E-state index contributed by atoms with van der Waals surface area (Å²) in [7, 11) is 1.72. The molecular weight excluding hydrogens is 168 g/mol. The summed E-state index contributed by atoms with van der Waals surface area (Å²) in [4.78, 5) is 4.85. The molecule has 0 saturated carbocycles. The van der Waals surface area contributed by atoms with E-state index in [1.165, 1.54) is 36.1 Å². The fraction of sp³-hybridized carbons (Fsp3) is 1.00. The number of hydrogen-bond acceptors (Lipinski definition) is 4. The van der Waals surface area contributed by atoms with E-state index >= 15 is 0 Å². The Kier molecular flexibility index (Phi) is 5.52. The smallest absolute Gasteiger partial charge is 0.102 e. The molecule has 0 unspecified atom stereocenters. The van der Waals surface area contributed by atoms with E-state index in [0.29, 0.717) is 0 Å². The lowest BCUT2D eigenvalue weighted by Gasteiger charge is -2.05. The molecule has 1 aliphatic rings. The van der Waals surface area contributed by atoms with Crippen LogP contribution in [-0.4, -0.2) is 12.4 Å². The molecule has 1 fully saturated rings. The first kappa shape index (κ1) is 8.71. The summed E-state index contributed by atoms with van der Waals surface area (Å²) in [5, 5.41) is 0. The maximum atomic E-state index is 4.85. The molecule has 2 nitrogen and oxygen atoms in total. The van der Waals surface area contributed by atoms with Gasteiger partial charge in [0.05, 0.1) is 6.61 Å². The molecule has 0 atom stereocenters. The molecule has 0 aromatic carbocycles. The average Bonchev–Trinajstić information content (AvgIpc) is 2.01. The van der Waals surface area contributed by atoms with Gasteiger partial charge in [-0.3, -0.25) is 0 Å². The van der Waals surface area contributed by atoms with Crippen LogP contribution in [0.3, 0.4) is 0 Å². The van der Waals surface area contributed by atoms with Crippen molar-refractivity contribution in [1.29, 1.82) is 0 Å². The molecule has 1 aliphatic heterocycles. The third kappa shape index (κ3) is 4.44. The molecule has 1 heterocycles. The third-order valence-corrected chi connectivity index (χ3v) is 2.99. The first-order chi connectivity index (χ1) is 5.00. The van der Waals surface area contributed by atoms with Crippen LogP contribution >= 0.6 is 21.9 Å². The molecule has 60 valence electrons. The van der Waals surface area contributed by atoms with Crippen molar-refractivity contribution in [1.82, 2.24) is 0 Å². The minimum Gasteiger partial charge on any atom is -0.224 e. The van der Waals surface area contributed by atoms with Gasteiger partial charge in [-0.05, 0) is 12.8 Å². The van der Waals surface area contributed by atoms with E-state index in [1.54, 1.807) is 10.8 Å². The summed E-state index contributed by atoms with van der Waals surface area (Å²) in [6.45, 7) is 0.744. The maximum absolute atomic E-state index is 4.85. The van der Waals surface area contributed by atoms with E-state index in [9.17, 15) is 0 Å². The lowest BCUT2D eigenvalue weighted by molar-refractivity contribution is -0.189. The second-order valence-corrected chi connectivity index (χ2v) is 4.23. The highest BCUT2D eigenvalue weighted by molar-refractivity contribution is 8.74. The van der Waals surface area contributed by atoms with Crippen molar-refractivity contribution in [2.24, 2.45) is 0 Å². The van der Waals surface area contributed by atoms with Gasteiger partial charge in [-0.1, -0.05) is 23.6 Å². The minimum absolute atomic E-state index is 0.744. The highest BCUT2D eigenvalue weighted by Crippen LogP contribution is 2.25. The van der Waals surface area contributed by atoms with Crippen molar-refractivity contribution in [3.63, 3.8) is 0 Å². The molecule has 0 amide bonds. The van der Waals surface area contributed by atoms with Crippen LogP contribution in [0.25, 0.3) is 0 Å². The molecule has 0 radical (unpaired) electrons. The van der Waals surface area contributed by atoms with E-state index in [1.807, 2.05) is 0 Å². The molecule has 0 aromatic rings. The molecule has 1 saturated heterocycles. The lowest BCUT2D eigenvalue weighted by atomic mass is 10.2. The first-order valence-electron chi connectivity index (χ1n) is 3.58. The van der Waals surface area contributed by atoms with Crippen LogP contribution in [0, 0.1) is 0 Å². The molecule has 0 bridgehead atoms. The number of hydrogen-bond donors (Lipinski definition) is 0. The normalized spacial score (nSPS) is 24.0. The Morgan fingerprint density at radius 1 is 1.00 bits per heavy atom. The monoisotopic (exact) mass is 180 g/mol. The van der Waals surface area contributed by atoms with Gasteiger partial charge >= 0.3 is 0 Å². The zero-order valence-corrected chi connectivity index (χ0v) is 7.51. The van der Waals surface area contributed by atoms with Crippen LogP contribution in [0.1, 0.15) is 25.7 Å². The van der Waals surface area contributed by atoms with E-state index in [0.717, 1.165) is 13.0 Å². The molecule has 0 aliphatic carbocycles. The first-order valence-corrected chi connectivity index (χ1v) is 5.82. The standard InChI is InChI=1S/C6H12O2S2/c1-2-4-6-9-10-8-7-5-3-1/h1-6H2. The van der Waals surface area contributed by atoms with Gasteiger partial charge in [0.1, 0.15) is 11.1 Å². The van der Waals surface area contributed by atoms with Crippen molar-refractivity contribution in [2.45, 2.75) is 25.7 Å². The molecule has 10 heavy (non-hydrogen) atoms. The second kappa shape index (κ2) is 6.34. The second-order valence-electron chi connectivity index (χ2n) is 2.19.